The highest BCUT2D eigenvalue weighted by molar-refractivity contribution is 5.83. The Hall–Kier alpha value is -0.940. The zero-order valence-corrected chi connectivity index (χ0v) is 10.1. The highest BCUT2D eigenvalue weighted by atomic mass is 16.5. The van der Waals surface area contributed by atoms with Crippen LogP contribution in [0.3, 0.4) is 0 Å². The third-order valence-corrected chi connectivity index (χ3v) is 1.92. The number of ether oxygens (including phenoxy) is 2. The molecule has 0 aliphatic heterocycles. The van der Waals surface area contributed by atoms with Crippen molar-refractivity contribution < 1.29 is 19.1 Å². The lowest BCUT2D eigenvalue weighted by molar-refractivity contribution is -0.124. The number of methoxy groups -OCH3 is 1. The van der Waals surface area contributed by atoms with Gasteiger partial charge in [-0.05, 0) is 13.3 Å². The van der Waals surface area contributed by atoms with Gasteiger partial charge in [0.05, 0.1) is 13.2 Å². The van der Waals surface area contributed by atoms with E-state index < -0.39 is 0 Å². The Morgan fingerprint density at radius 3 is 2.50 bits per heavy atom. The number of hydrogen-bond acceptors (Lipinski definition) is 4. The first-order valence-corrected chi connectivity index (χ1v) is 5.49. The summed E-state index contributed by atoms with van der Waals surface area (Å²) in [5.74, 6) is -0.0369. The first-order valence-electron chi connectivity index (χ1n) is 5.49. The maximum Gasteiger partial charge on any atom is 0.220 e. The Balaban J connectivity index is 3.18. The minimum absolute atomic E-state index is 0.0399. The number of ketones is 1. The molecule has 0 aliphatic carbocycles. The molecule has 16 heavy (non-hydrogen) atoms. The van der Waals surface area contributed by atoms with Gasteiger partial charge in [0.2, 0.25) is 5.91 Å². The minimum atomic E-state index is -0.0768. The number of rotatable bonds is 10. The zero-order chi connectivity index (χ0) is 12.2. The molecule has 94 valence electrons. The third-order valence-electron chi connectivity index (χ3n) is 1.92. The van der Waals surface area contributed by atoms with Crippen molar-refractivity contribution in [1.82, 2.24) is 5.32 Å². The quantitative estimate of drug-likeness (QED) is 0.557. The van der Waals surface area contributed by atoms with Crippen LogP contribution in [-0.4, -0.2) is 45.2 Å². The molecule has 0 aromatic carbocycles. The molecule has 0 aromatic rings. The fraction of sp³-hybridized carbons (Fsp3) is 0.818. The summed E-state index contributed by atoms with van der Waals surface area (Å²) < 4.78 is 10.0. The van der Waals surface area contributed by atoms with Crippen molar-refractivity contribution in [2.45, 2.75) is 26.2 Å². The molecule has 0 saturated carbocycles. The summed E-state index contributed by atoms with van der Waals surface area (Å²) in [6, 6.07) is 0. The molecule has 0 fully saturated rings. The van der Waals surface area contributed by atoms with E-state index in [0.29, 0.717) is 32.8 Å². The van der Waals surface area contributed by atoms with Gasteiger partial charge in [-0.2, -0.15) is 0 Å². The number of carbonyl (C=O) groups excluding carboxylic acids is 2. The number of Topliss-reactive ketones (excluding diaryl/α,β-unsaturated/α-hetero) is 1. The van der Waals surface area contributed by atoms with Crippen molar-refractivity contribution in [2.24, 2.45) is 0 Å². The lowest BCUT2D eigenvalue weighted by atomic mass is 10.2. The van der Waals surface area contributed by atoms with Gasteiger partial charge >= 0.3 is 0 Å². The Morgan fingerprint density at radius 1 is 1.12 bits per heavy atom. The van der Waals surface area contributed by atoms with Crippen molar-refractivity contribution in [3.8, 4) is 0 Å². The standard InChI is InChI=1S/C11H21NO4/c1-10(13)4-5-11(14)12-6-3-7-16-9-8-15-2/h3-9H2,1-2H3,(H,12,14). The second-order valence-electron chi connectivity index (χ2n) is 3.51. The maximum absolute atomic E-state index is 11.2. The summed E-state index contributed by atoms with van der Waals surface area (Å²) in [4.78, 5) is 21.8. The van der Waals surface area contributed by atoms with Gasteiger partial charge in [-0.1, -0.05) is 0 Å². The van der Waals surface area contributed by atoms with E-state index in [1.165, 1.54) is 6.92 Å². The first kappa shape index (κ1) is 15.1. The highest BCUT2D eigenvalue weighted by Crippen LogP contribution is 1.90. The number of amides is 1. The fourth-order valence-electron chi connectivity index (χ4n) is 1.02. The number of nitrogens with one attached hydrogen (secondary N) is 1. The van der Waals surface area contributed by atoms with Gasteiger partial charge in [-0.15, -0.1) is 0 Å². The predicted molar refractivity (Wildman–Crippen MR) is 60.2 cm³/mol. The van der Waals surface area contributed by atoms with Gasteiger partial charge in [0.25, 0.3) is 0 Å². The van der Waals surface area contributed by atoms with E-state index in [9.17, 15) is 9.59 Å². The van der Waals surface area contributed by atoms with Crippen molar-refractivity contribution >= 4 is 11.7 Å². The average molecular weight is 231 g/mol. The Bertz CT molecular complexity index is 206. The van der Waals surface area contributed by atoms with Crippen molar-refractivity contribution in [3.63, 3.8) is 0 Å². The smallest absolute Gasteiger partial charge is 0.220 e. The van der Waals surface area contributed by atoms with Gasteiger partial charge < -0.3 is 19.6 Å². The molecule has 5 nitrogen and oxygen atoms in total. The average Bonchev–Trinajstić information content (AvgIpc) is 2.25. The van der Waals surface area contributed by atoms with E-state index in [4.69, 9.17) is 9.47 Å². The lowest BCUT2D eigenvalue weighted by Crippen LogP contribution is -2.25. The van der Waals surface area contributed by atoms with Crippen molar-refractivity contribution in [2.75, 3.05) is 33.5 Å². The van der Waals surface area contributed by atoms with E-state index >= 15 is 0 Å². The molecule has 0 radical (unpaired) electrons. The monoisotopic (exact) mass is 231 g/mol. The van der Waals surface area contributed by atoms with Crippen molar-refractivity contribution in [3.05, 3.63) is 0 Å². The summed E-state index contributed by atoms with van der Waals surface area (Å²) in [7, 11) is 1.62. The summed E-state index contributed by atoms with van der Waals surface area (Å²) in [6.45, 7) is 3.84. The van der Waals surface area contributed by atoms with Gasteiger partial charge in [0.1, 0.15) is 5.78 Å². The van der Waals surface area contributed by atoms with Gasteiger partial charge in [-0.3, -0.25) is 4.79 Å². The molecule has 0 rings (SSSR count). The highest BCUT2D eigenvalue weighted by Gasteiger charge is 2.02. The fourth-order valence-corrected chi connectivity index (χ4v) is 1.02. The molecule has 0 aliphatic rings. The largest absolute Gasteiger partial charge is 0.382 e. The number of carbonyl (C=O) groups is 2. The number of hydrogen-bond donors (Lipinski definition) is 1. The normalized spacial score (nSPS) is 10.1. The van der Waals surface area contributed by atoms with Crippen LogP contribution in [0.2, 0.25) is 0 Å². The Kier molecular flexibility index (Phi) is 9.95. The lowest BCUT2D eigenvalue weighted by Gasteiger charge is -2.05. The van der Waals surface area contributed by atoms with E-state index in [-0.39, 0.29) is 18.1 Å². The molecule has 1 N–H and O–H groups in total. The van der Waals surface area contributed by atoms with Crippen LogP contribution in [0.15, 0.2) is 0 Å². The molecular formula is C11H21NO4. The van der Waals surface area contributed by atoms with Crippen LogP contribution in [0.25, 0.3) is 0 Å². The third kappa shape index (κ3) is 11.1. The van der Waals surface area contributed by atoms with Gasteiger partial charge in [-0.25, -0.2) is 0 Å². The summed E-state index contributed by atoms with van der Waals surface area (Å²) in [5.41, 5.74) is 0. The van der Waals surface area contributed by atoms with Crippen LogP contribution < -0.4 is 5.32 Å². The zero-order valence-electron chi connectivity index (χ0n) is 10.1. The Morgan fingerprint density at radius 2 is 1.88 bits per heavy atom. The SMILES string of the molecule is COCCOCCCNC(=O)CCC(C)=O. The van der Waals surface area contributed by atoms with Crippen LogP contribution in [0.5, 0.6) is 0 Å². The Labute approximate surface area is 96.5 Å². The van der Waals surface area contributed by atoms with E-state index in [1.54, 1.807) is 7.11 Å². The van der Waals surface area contributed by atoms with Crippen LogP contribution in [0.4, 0.5) is 0 Å². The van der Waals surface area contributed by atoms with Crippen LogP contribution >= 0.6 is 0 Å². The maximum atomic E-state index is 11.2. The molecule has 0 bridgehead atoms. The van der Waals surface area contributed by atoms with Gasteiger partial charge in [0.15, 0.2) is 0 Å². The summed E-state index contributed by atoms with van der Waals surface area (Å²) in [5, 5.41) is 2.73. The predicted octanol–water partition coefficient (Wildman–Crippen LogP) is 0.525. The van der Waals surface area contributed by atoms with Crippen molar-refractivity contribution in [1.29, 1.82) is 0 Å². The molecule has 0 spiro atoms. The molecule has 0 heterocycles. The molecule has 1 amide bonds. The van der Waals surface area contributed by atoms with Gasteiger partial charge in [0, 0.05) is 33.1 Å². The van der Waals surface area contributed by atoms with E-state index in [2.05, 4.69) is 5.32 Å². The molecule has 5 heteroatoms. The van der Waals surface area contributed by atoms with E-state index in [1.807, 2.05) is 0 Å². The molecule has 0 saturated heterocycles. The minimum Gasteiger partial charge on any atom is -0.382 e. The first-order chi connectivity index (χ1) is 7.66. The molecule has 0 unspecified atom stereocenters. The summed E-state index contributed by atoms with van der Waals surface area (Å²) >= 11 is 0. The topological polar surface area (TPSA) is 64.6 Å². The van der Waals surface area contributed by atoms with Crippen LogP contribution in [0.1, 0.15) is 26.2 Å². The summed E-state index contributed by atoms with van der Waals surface area (Å²) in [6.07, 6.45) is 1.37. The second-order valence-corrected chi connectivity index (χ2v) is 3.51. The van der Waals surface area contributed by atoms with Crippen LogP contribution in [-0.2, 0) is 19.1 Å². The van der Waals surface area contributed by atoms with E-state index in [0.717, 1.165) is 6.42 Å². The molecule has 0 aromatic heterocycles. The molecule has 0 atom stereocenters. The molecular weight excluding hydrogens is 210 g/mol. The second kappa shape index (κ2) is 10.6. The van der Waals surface area contributed by atoms with Crippen LogP contribution in [0, 0.1) is 0 Å².